The fourth-order valence-corrected chi connectivity index (χ4v) is 5.87. The van der Waals surface area contributed by atoms with Crippen molar-refractivity contribution in [2.45, 2.75) is 38.1 Å². The highest BCUT2D eigenvalue weighted by molar-refractivity contribution is 7.97. The SMILES string of the molecule is FC(F)(F)c1ccc([S+](c2ccccc2)c2ccc(C(F)(F)F)cc2)cc1.O=S(=O)([O-])c1ccc(C(F)(F)F)cc1. The molecule has 0 aromatic heterocycles. The van der Waals surface area contributed by atoms with Gasteiger partial charge in [-0.2, -0.15) is 39.5 Å². The summed E-state index contributed by atoms with van der Waals surface area (Å²) < 4.78 is 144. The van der Waals surface area contributed by atoms with Gasteiger partial charge in [0.05, 0.1) is 32.5 Å². The van der Waals surface area contributed by atoms with Crippen LogP contribution in [0.4, 0.5) is 39.5 Å². The van der Waals surface area contributed by atoms with E-state index in [1.54, 1.807) is 30.3 Å². The zero-order valence-corrected chi connectivity index (χ0v) is 21.9. The highest BCUT2D eigenvalue weighted by atomic mass is 32.2. The zero-order valence-electron chi connectivity index (χ0n) is 20.3. The van der Waals surface area contributed by atoms with Crippen LogP contribution in [0.5, 0.6) is 0 Å². The van der Waals surface area contributed by atoms with Gasteiger partial charge in [0, 0.05) is 0 Å². The molecule has 0 saturated heterocycles. The van der Waals surface area contributed by atoms with Crippen LogP contribution < -0.4 is 0 Å². The molecule has 0 amide bonds. The maximum atomic E-state index is 12.8. The summed E-state index contributed by atoms with van der Waals surface area (Å²) in [5, 5.41) is 0. The lowest BCUT2D eigenvalue weighted by molar-refractivity contribution is -0.138. The van der Waals surface area contributed by atoms with E-state index < -0.39 is 61.1 Å². The second-order valence-electron chi connectivity index (χ2n) is 8.14. The van der Waals surface area contributed by atoms with E-state index in [0.717, 1.165) is 29.2 Å². The Balaban J connectivity index is 0.000000278. The Bertz CT molecular complexity index is 1470. The maximum Gasteiger partial charge on any atom is 0.416 e. The Kier molecular flexibility index (Phi) is 9.51. The molecule has 218 valence electrons. The summed E-state index contributed by atoms with van der Waals surface area (Å²) >= 11 is 0. The third-order valence-electron chi connectivity index (χ3n) is 5.28. The molecule has 41 heavy (non-hydrogen) atoms. The van der Waals surface area contributed by atoms with Crippen molar-refractivity contribution in [2.75, 3.05) is 0 Å². The summed E-state index contributed by atoms with van der Waals surface area (Å²) in [6, 6.07) is 20.8. The molecule has 0 N–H and O–H groups in total. The van der Waals surface area contributed by atoms with Crippen LogP contribution in [0.15, 0.2) is 123 Å². The molecule has 0 aliphatic carbocycles. The number of halogens is 9. The fraction of sp³-hybridized carbons (Fsp3) is 0.111. The van der Waals surface area contributed by atoms with Crippen LogP contribution in [0.25, 0.3) is 0 Å². The van der Waals surface area contributed by atoms with Gasteiger partial charge in [-0.25, -0.2) is 8.42 Å². The zero-order chi connectivity index (χ0) is 30.6. The molecule has 3 nitrogen and oxygen atoms in total. The van der Waals surface area contributed by atoms with E-state index in [2.05, 4.69) is 0 Å². The predicted molar refractivity (Wildman–Crippen MR) is 131 cm³/mol. The van der Waals surface area contributed by atoms with E-state index in [9.17, 15) is 52.5 Å². The van der Waals surface area contributed by atoms with Crippen LogP contribution in [-0.2, 0) is 39.5 Å². The van der Waals surface area contributed by atoms with Gasteiger partial charge in [-0.05, 0) is 84.9 Å². The summed E-state index contributed by atoms with van der Waals surface area (Å²) in [6.45, 7) is 0. The van der Waals surface area contributed by atoms with Crippen LogP contribution in [0.1, 0.15) is 16.7 Å². The third kappa shape index (κ3) is 8.75. The van der Waals surface area contributed by atoms with Gasteiger partial charge in [0.1, 0.15) is 10.1 Å². The molecule has 0 aliphatic rings. The summed E-state index contributed by atoms with van der Waals surface area (Å²) in [5.74, 6) is 0. The number of alkyl halides is 9. The lowest BCUT2D eigenvalue weighted by Gasteiger charge is -2.11. The molecule has 0 spiro atoms. The lowest BCUT2D eigenvalue weighted by Crippen LogP contribution is -2.09. The predicted octanol–water partition coefficient (Wildman–Crippen LogP) is 8.43. The quantitative estimate of drug-likeness (QED) is 0.130. The van der Waals surface area contributed by atoms with Crippen LogP contribution in [-0.4, -0.2) is 13.0 Å². The third-order valence-corrected chi connectivity index (χ3v) is 8.36. The van der Waals surface area contributed by atoms with E-state index in [1.807, 2.05) is 0 Å². The van der Waals surface area contributed by atoms with Crippen molar-refractivity contribution in [1.82, 2.24) is 0 Å². The molecule has 14 heteroatoms. The molecular weight excluding hydrogens is 607 g/mol. The van der Waals surface area contributed by atoms with Crippen molar-refractivity contribution in [1.29, 1.82) is 0 Å². The molecule has 0 atom stereocenters. The highest BCUT2D eigenvalue weighted by Crippen LogP contribution is 2.36. The Morgan fingerprint density at radius 2 is 0.756 bits per heavy atom. The van der Waals surface area contributed by atoms with E-state index >= 15 is 0 Å². The Labute approximate surface area is 231 Å². The van der Waals surface area contributed by atoms with E-state index in [0.29, 0.717) is 34.1 Å². The minimum Gasteiger partial charge on any atom is -0.744 e. The molecular formula is C27H17F9O3S2. The smallest absolute Gasteiger partial charge is 0.416 e. The van der Waals surface area contributed by atoms with Crippen molar-refractivity contribution in [3.05, 3.63) is 120 Å². The second kappa shape index (κ2) is 12.2. The standard InChI is InChI=1S/C20H13F6S.C7H5F3O3S/c21-19(22,23)14-6-10-17(11-7-14)27(16-4-2-1-3-5-16)18-12-8-15(9-13-18)20(24,25)26;8-7(9,10)5-1-3-6(4-2-5)14(11,12)13/h1-13H;1-4H,(H,11,12,13)/q+1;/p-1. The molecule has 0 heterocycles. The topological polar surface area (TPSA) is 57.2 Å². The molecule has 4 aromatic rings. The van der Waals surface area contributed by atoms with E-state index in [-0.39, 0.29) is 0 Å². The maximum absolute atomic E-state index is 12.8. The Morgan fingerprint density at radius 1 is 0.463 bits per heavy atom. The monoisotopic (exact) mass is 624 g/mol. The van der Waals surface area contributed by atoms with Gasteiger partial charge in [-0.3, -0.25) is 0 Å². The first-order valence-corrected chi connectivity index (χ1v) is 13.8. The summed E-state index contributed by atoms with van der Waals surface area (Å²) in [5.41, 5.74) is -2.53. The van der Waals surface area contributed by atoms with Crippen molar-refractivity contribution in [3.63, 3.8) is 0 Å². The average molecular weight is 625 g/mol. The van der Waals surface area contributed by atoms with Gasteiger partial charge in [-0.1, -0.05) is 18.2 Å². The molecule has 4 aromatic carbocycles. The van der Waals surface area contributed by atoms with Gasteiger partial charge < -0.3 is 4.55 Å². The first kappa shape index (κ1) is 32.0. The number of benzene rings is 4. The average Bonchev–Trinajstić information content (AvgIpc) is 2.89. The minimum atomic E-state index is -4.68. The van der Waals surface area contributed by atoms with Crippen molar-refractivity contribution in [3.8, 4) is 0 Å². The van der Waals surface area contributed by atoms with Gasteiger partial charge in [0.25, 0.3) is 0 Å². The molecule has 0 unspecified atom stereocenters. The minimum absolute atomic E-state index is 0.546. The van der Waals surface area contributed by atoms with Crippen LogP contribution in [0.2, 0.25) is 0 Å². The summed E-state index contributed by atoms with van der Waals surface area (Å²) in [7, 11) is -5.50. The molecule has 0 aliphatic heterocycles. The number of hydrogen-bond donors (Lipinski definition) is 0. The fourth-order valence-electron chi connectivity index (χ4n) is 3.34. The van der Waals surface area contributed by atoms with Crippen LogP contribution >= 0.6 is 0 Å². The van der Waals surface area contributed by atoms with E-state index in [1.165, 1.54) is 24.3 Å². The molecule has 0 bridgehead atoms. The molecule has 0 fully saturated rings. The van der Waals surface area contributed by atoms with Crippen molar-refractivity contribution < 1.29 is 52.5 Å². The first-order chi connectivity index (χ1) is 18.9. The van der Waals surface area contributed by atoms with E-state index in [4.69, 9.17) is 0 Å². The normalized spacial score (nSPS) is 12.6. The Hall–Kier alpha value is -3.49. The van der Waals surface area contributed by atoms with Crippen LogP contribution in [0.3, 0.4) is 0 Å². The molecule has 0 radical (unpaired) electrons. The van der Waals surface area contributed by atoms with Gasteiger partial charge in [0.15, 0.2) is 14.7 Å². The van der Waals surface area contributed by atoms with Gasteiger partial charge >= 0.3 is 18.5 Å². The number of rotatable bonds is 4. The van der Waals surface area contributed by atoms with Gasteiger partial charge in [0.2, 0.25) is 0 Å². The lowest BCUT2D eigenvalue weighted by atomic mass is 10.2. The van der Waals surface area contributed by atoms with Crippen molar-refractivity contribution >= 4 is 21.0 Å². The summed E-state index contributed by atoms with van der Waals surface area (Å²) in [4.78, 5) is 1.31. The first-order valence-electron chi connectivity index (χ1n) is 11.1. The number of hydrogen-bond acceptors (Lipinski definition) is 3. The summed E-state index contributed by atoms with van der Waals surface area (Å²) in [6.07, 6.45) is -13.4. The Morgan fingerprint density at radius 3 is 1.05 bits per heavy atom. The second-order valence-corrected chi connectivity index (χ2v) is 11.5. The van der Waals surface area contributed by atoms with Gasteiger partial charge in [-0.15, -0.1) is 0 Å². The molecule has 4 rings (SSSR count). The van der Waals surface area contributed by atoms with Crippen LogP contribution in [0, 0.1) is 0 Å². The largest absolute Gasteiger partial charge is 0.744 e. The molecule has 0 saturated carbocycles. The highest BCUT2D eigenvalue weighted by Gasteiger charge is 2.35. The van der Waals surface area contributed by atoms with Crippen molar-refractivity contribution in [2.24, 2.45) is 0 Å².